The molecule has 1 amide bonds. The van der Waals surface area contributed by atoms with E-state index in [1.807, 2.05) is 13.8 Å². The molecular formula is C10H15N3O. The van der Waals surface area contributed by atoms with Gasteiger partial charge in [0, 0.05) is 12.2 Å². The van der Waals surface area contributed by atoms with Crippen molar-refractivity contribution in [2.45, 2.75) is 26.3 Å². The van der Waals surface area contributed by atoms with Crippen LogP contribution in [0, 0.1) is 0 Å². The Labute approximate surface area is 83.5 Å². The molecule has 14 heavy (non-hydrogen) atoms. The summed E-state index contributed by atoms with van der Waals surface area (Å²) in [4.78, 5) is 15.5. The molecule has 0 aliphatic heterocycles. The van der Waals surface area contributed by atoms with Gasteiger partial charge in [-0.1, -0.05) is 6.92 Å². The maximum Gasteiger partial charge on any atom is 0.272 e. The minimum Gasteiger partial charge on any atom is -0.397 e. The largest absolute Gasteiger partial charge is 0.397 e. The standard InChI is InChI=1S/C10H15N3O/c1-3-7(2)13-10(14)9-8(11)5-4-6-12-9/h4-7H,3,11H2,1-2H3,(H,13,14). The molecule has 1 atom stereocenters. The zero-order valence-corrected chi connectivity index (χ0v) is 8.45. The fourth-order valence-electron chi connectivity index (χ4n) is 1.00. The van der Waals surface area contributed by atoms with Crippen LogP contribution >= 0.6 is 0 Å². The van der Waals surface area contributed by atoms with Crippen LogP contribution < -0.4 is 11.1 Å². The van der Waals surface area contributed by atoms with Gasteiger partial charge in [-0.2, -0.15) is 0 Å². The number of aromatic nitrogens is 1. The Bertz CT molecular complexity index is 325. The van der Waals surface area contributed by atoms with Crippen LogP contribution in [0.2, 0.25) is 0 Å². The third-order valence-electron chi connectivity index (χ3n) is 2.04. The number of rotatable bonds is 3. The second-order valence-electron chi connectivity index (χ2n) is 3.22. The minimum atomic E-state index is -0.211. The fourth-order valence-corrected chi connectivity index (χ4v) is 1.00. The second-order valence-corrected chi connectivity index (χ2v) is 3.22. The number of nitrogens with one attached hydrogen (secondary N) is 1. The number of nitrogens with zero attached hydrogens (tertiary/aromatic N) is 1. The third-order valence-corrected chi connectivity index (χ3v) is 2.04. The molecule has 1 aromatic heterocycles. The van der Waals surface area contributed by atoms with Crippen LogP contribution in [0.1, 0.15) is 30.8 Å². The molecule has 3 N–H and O–H groups in total. The van der Waals surface area contributed by atoms with E-state index >= 15 is 0 Å². The Morgan fingerprint density at radius 2 is 2.43 bits per heavy atom. The lowest BCUT2D eigenvalue weighted by molar-refractivity contribution is 0.0935. The van der Waals surface area contributed by atoms with E-state index in [0.29, 0.717) is 11.4 Å². The molecule has 0 spiro atoms. The highest BCUT2D eigenvalue weighted by atomic mass is 16.1. The average molecular weight is 193 g/mol. The maximum absolute atomic E-state index is 11.6. The summed E-state index contributed by atoms with van der Waals surface area (Å²) in [5.41, 5.74) is 6.32. The molecule has 1 heterocycles. The molecule has 0 saturated carbocycles. The van der Waals surface area contributed by atoms with Gasteiger partial charge in [0.25, 0.3) is 5.91 Å². The summed E-state index contributed by atoms with van der Waals surface area (Å²) in [6.45, 7) is 3.95. The summed E-state index contributed by atoms with van der Waals surface area (Å²) in [5, 5.41) is 2.81. The van der Waals surface area contributed by atoms with E-state index in [1.54, 1.807) is 18.3 Å². The Kier molecular flexibility index (Phi) is 3.45. The predicted octanol–water partition coefficient (Wildman–Crippen LogP) is 1.19. The quantitative estimate of drug-likeness (QED) is 0.757. The van der Waals surface area contributed by atoms with E-state index in [2.05, 4.69) is 10.3 Å². The van der Waals surface area contributed by atoms with E-state index in [4.69, 9.17) is 5.73 Å². The van der Waals surface area contributed by atoms with Gasteiger partial charge in [0.2, 0.25) is 0 Å². The van der Waals surface area contributed by atoms with Gasteiger partial charge in [0.1, 0.15) is 0 Å². The van der Waals surface area contributed by atoms with Gasteiger partial charge in [-0.25, -0.2) is 4.98 Å². The van der Waals surface area contributed by atoms with Crippen LogP contribution in [0.4, 0.5) is 5.69 Å². The average Bonchev–Trinajstić information content (AvgIpc) is 2.18. The molecule has 1 unspecified atom stereocenters. The van der Waals surface area contributed by atoms with Gasteiger partial charge in [0.15, 0.2) is 5.69 Å². The van der Waals surface area contributed by atoms with Crippen molar-refractivity contribution in [3.8, 4) is 0 Å². The summed E-state index contributed by atoms with van der Waals surface area (Å²) < 4.78 is 0. The van der Waals surface area contributed by atoms with Crippen molar-refractivity contribution >= 4 is 11.6 Å². The summed E-state index contributed by atoms with van der Waals surface area (Å²) in [5.74, 6) is -0.211. The molecule has 0 fully saturated rings. The molecule has 0 aliphatic rings. The van der Waals surface area contributed by atoms with Gasteiger partial charge < -0.3 is 11.1 Å². The summed E-state index contributed by atoms with van der Waals surface area (Å²) in [6.07, 6.45) is 2.44. The van der Waals surface area contributed by atoms with Crippen LogP contribution in [-0.2, 0) is 0 Å². The molecular weight excluding hydrogens is 178 g/mol. The monoisotopic (exact) mass is 193 g/mol. The smallest absolute Gasteiger partial charge is 0.272 e. The number of hydrogen-bond donors (Lipinski definition) is 2. The molecule has 0 bridgehead atoms. The molecule has 4 heteroatoms. The summed E-state index contributed by atoms with van der Waals surface area (Å²) in [6, 6.07) is 3.51. The van der Waals surface area contributed by atoms with E-state index in [1.165, 1.54) is 0 Å². The van der Waals surface area contributed by atoms with Crippen molar-refractivity contribution in [3.05, 3.63) is 24.0 Å². The van der Waals surface area contributed by atoms with Crippen molar-refractivity contribution in [1.29, 1.82) is 0 Å². The highest BCUT2D eigenvalue weighted by molar-refractivity contribution is 5.97. The number of carbonyl (C=O) groups is 1. The molecule has 1 aromatic rings. The number of hydrogen-bond acceptors (Lipinski definition) is 3. The fraction of sp³-hybridized carbons (Fsp3) is 0.400. The lowest BCUT2D eigenvalue weighted by Crippen LogP contribution is -2.33. The first-order valence-electron chi connectivity index (χ1n) is 4.66. The normalized spacial score (nSPS) is 12.1. The first kappa shape index (κ1) is 10.5. The van der Waals surface area contributed by atoms with Gasteiger partial charge in [-0.3, -0.25) is 4.79 Å². The zero-order chi connectivity index (χ0) is 10.6. The van der Waals surface area contributed by atoms with Gasteiger partial charge in [-0.05, 0) is 25.5 Å². The van der Waals surface area contributed by atoms with Crippen molar-refractivity contribution in [2.75, 3.05) is 5.73 Å². The highest BCUT2D eigenvalue weighted by Gasteiger charge is 2.11. The van der Waals surface area contributed by atoms with E-state index in [9.17, 15) is 4.79 Å². The van der Waals surface area contributed by atoms with Crippen LogP contribution in [-0.4, -0.2) is 16.9 Å². The van der Waals surface area contributed by atoms with Gasteiger partial charge in [-0.15, -0.1) is 0 Å². The number of anilines is 1. The van der Waals surface area contributed by atoms with Crippen LogP contribution in [0.25, 0.3) is 0 Å². The van der Waals surface area contributed by atoms with E-state index in [-0.39, 0.29) is 11.9 Å². The number of nitrogens with two attached hydrogens (primary N) is 1. The molecule has 0 aliphatic carbocycles. The van der Waals surface area contributed by atoms with Crippen molar-refractivity contribution in [1.82, 2.24) is 10.3 Å². The minimum absolute atomic E-state index is 0.143. The molecule has 1 rings (SSSR count). The number of pyridine rings is 1. The molecule has 0 aromatic carbocycles. The van der Waals surface area contributed by atoms with E-state index in [0.717, 1.165) is 6.42 Å². The number of nitrogen functional groups attached to an aromatic ring is 1. The lowest BCUT2D eigenvalue weighted by Gasteiger charge is -2.11. The summed E-state index contributed by atoms with van der Waals surface area (Å²) >= 11 is 0. The topological polar surface area (TPSA) is 68.0 Å². The highest BCUT2D eigenvalue weighted by Crippen LogP contribution is 2.06. The molecule has 76 valence electrons. The Morgan fingerprint density at radius 3 is 3.00 bits per heavy atom. The Hall–Kier alpha value is -1.58. The Morgan fingerprint density at radius 1 is 1.71 bits per heavy atom. The zero-order valence-electron chi connectivity index (χ0n) is 8.45. The van der Waals surface area contributed by atoms with Crippen LogP contribution in [0.5, 0.6) is 0 Å². The lowest BCUT2D eigenvalue weighted by atomic mass is 10.2. The number of amides is 1. The molecule has 0 saturated heterocycles. The van der Waals surface area contributed by atoms with Gasteiger partial charge in [0.05, 0.1) is 5.69 Å². The third kappa shape index (κ3) is 2.45. The van der Waals surface area contributed by atoms with Crippen molar-refractivity contribution < 1.29 is 4.79 Å². The predicted molar refractivity (Wildman–Crippen MR) is 55.9 cm³/mol. The van der Waals surface area contributed by atoms with Crippen molar-refractivity contribution in [3.63, 3.8) is 0 Å². The molecule has 0 radical (unpaired) electrons. The van der Waals surface area contributed by atoms with Gasteiger partial charge >= 0.3 is 0 Å². The maximum atomic E-state index is 11.6. The van der Waals surface area contributed by atoms with E-state index < -0.39 is 0 Å². The first-order chi connectivity index (χ1) is 6.65. The first-order valence-corrected chi connectivity index (χ1v) is 4.66. The second kappa shape index (κ2) is 4.60. The van der Waals surface area contributed by atoms with Crippen LogP contribution in [0.15, 0.2) is 18.3 Å². The SMILES string of the molecule is CCC(C)NC(=O)c1ncccc1N. The summed E-state index contributed by atoms with van der Waals surface area (Å²) in [7, 11) is 0. The van der Waals surface area contributed by atoms with Crippen LogP contribution in [0.3, 0.4) is 0 Å². The van der Waals surface area contributed by atoms with Crippen molar-refractivity contribution in [2.24, 2.45) is 0 Å². The Balaban J connectivity index is 2.75. The molecule has 4 nitrogen and oxygen atoms in total. The number of carbonyl (C=O) groups excluding carboxylic acids is 1.